The van der Waals surface area contributed by atoms with E-state index in [4.69, 9.17) is 9.72 Å². The highest BCUT2D eigenvalue weighted by Crippen LogP contribution is 2.35. The first-order chi connectivity index (χ1) is 17.0. The van der Waals surface area contributed by atoms with E-state index < -0.39 is 0 Å². The average molecular weight is 478 g/mol. The van der Waals surface area contributed by atoms with E-state index in [-0.39, 0.29) is 17.7 Å². The largest absolute Gasteiger partial charge is 0.375 e. The predicted molar refractivity (Wildman–Crippen MR) is 138 cm³/mol. The van der Waals surface area contributed by atoms with Gasteiger partial charge in [0.1, 0.15) is 17.4 Å². The normalized spacial score (nSPS) is 25.3. The number of halogens is 1. The second kappa shape index (κ2) is 10.5. The van der Waals surface area contributed by atoms with Crippen LogP contribution in [-0.2, 0) is 9.53 Å². The molecule has 1 aromatic heterocycles. The molecule has 186 valence electrons. The van der Waals surface area contributed by atoms with E-state index in [1.165, 1.54) is 6.07 Å². The van der Waals surface area contributed by atoms with Gasteiger partial charge in [-0.2, -0.15) is 0 Å². The van der Waals surface area contributed by atoms with Crippen molar-refractivity contribution in [2.45, 2.75) is 76.9 Å². The lowest BCUT2D eigenvalue weighted by Crippen LogP contribution is -2.39. The van der Waals surface area contributed by atoms with Gasteiger partial charge in [0.2, 0.25) is 0 Å². The molecule has 1 saturated carbocycles. The van der Waals surface area contributed by atoms with Crippen LogP contribution in [0.5, 0.6) is 0 Å². The summed E-state index contributed by atoms with van der Waals surface area (Å²) in [6.07, 6.45) is 11.6. The molecule has 0 radical (unpaired) electrons. The molecule has 2 aliphatic heterocycles. The smallest absolute Gasteiger partial charge is 0.132 e. The highest BCUT2D eigenvalue weighted by molar-refractivity contribution is 5.79. The van der Waals surface area contributed by atoms with Crippen molar-refractivity contribution in [3.63, 3.8) is 0 Å². The van der Waals surface area contributed by atoms with Crippen LogP contribution in [0, 0.1) is 11.7 Å². The van der Waals surface area contributed by atoms with Gasteiger partial charge in [0.05, 0.1) is 12.2 Å². The average Bonchev–Trinajstić information content (AvgIpc) is 3.04. The van der Waals surface area contributed by atoms with Gasteiger partial charge in [0, 0.05) is 42.2 Å². The Morgan fingerprint density at radius 2 is 1.80 bits per heavy atom. The number of anilines is 2. The summed E-state index contributed by atoms with van der Waals surface area (Å²) in [5.74, 6) is 1.64. The molecule has 1 N–H and O–H groups in total. The van der Waals surface area contributed by atoms with Crippen molar-refractivity contribution in [3.05, 3.63) is 59.5 Å². The second-order valence-electron chi connectivity index (χ2n) is 10.4. The number of fused-ring (bicyclic) bond motifs is 1. The SMILES string of the molecule is CC(=O)C1CCC(OC2CCN(c3ccc(C4=CCC(C)c5cc(F)ccc5N4)cn3)CC2)CC1. The van der Waals surface area contributed by atoms with Crippen LogP contribution in [0.3, 0.4) is 0 Å². The number of Topliss-reactive ketones (excluding diaryl/α,β-unsaturated/α-hetero) is 1. The van der Waals surface area contributed by atoms with Gasteiger partial charge < -0.3 is 15.0 Å². The number of hydrogen-bond acceptors (Lipinski definition) is 5. The maximum Gasteiger partial charge on any atom is 0.132 e. The topological polar surface area (TPSA) is 54.5 Å². The van der Waals surface area contributed by atoms with Gasteiger partial charge >= 0.3 is 0 Å². The third kappa shape index (κ3) is 5.58. The number of aromatic nitrogens is 1. The molecule has 1 aromatic carbocycles. The summed E-state index contributed by atoms with van der Waals surface area (Å²) in [6.45, 7) is 5.73. The molecular weight excluding hydrogens is 441 g/mol. The Morgan fingerprint density at radius 1 is 1.06 bits per heavy atom. The molecule has 1 saturated heterocycles. The number of ether oxygens (including phenoxy) is 1. The second-order valence-corrected chi connectivity index (χ2v) is 10.4. The van der Waals surface area contributed by atoms with Gasteiger partial charge in [0.15, 0.2) is 0 Å². The summed E-state index contributed by atoms with van der Waals surface area (Å²) < 4.78 is 20.1. The van der Waals surface area contributed by atoms with Crippen LogP contribution in [0.1, 0.15) is 75.8 Å². The van der Waals surface area contributed by atoms with E-state index in [0.29, 0.717) is 18.0 Å². The molecule has 1 atom stereocenters. The fourth-order valence-corrected chi connectivity index (χ4v) is 5.69. The van der Waals surface area contributed by atoms with Crippen molar-refractivity contribution in [1.29, 1.82) is 0 Å². The summed E-state index contributed by atoms with van der Waals surface area (Å²) in [7, 11) is 0. The molecule has 2 aromatic rings. The van der Waals surface area contributed by atoms with Crippen LogP contribution in [-0.4, -0.2) is 36.1 Å². The van der Waals surface area contributed by atoms with Crippen LogP contribution in [0.15, 0.2) is 42.6 Å². The molecule has 0 spiro atoms. The van der Waals surface area contributed by atoms with Crippen LogP contribution < -0.4 is 10.2 Å². The molecule has 3 heterocycles. The third-order valence-electron chi connectivity index (χ3n) is 7.95. The van der Waals surface area contributed by atoms with Crippen LogP contribution in [0.4, 0.5) is 15.9 Å². The van der Waals surface area contributed by atoms with E-state index in [1.54, 1.807) is 13.0 Å². The number of carbonyl (C=O) groups excluding carboxylic acids is 1. The first-order valence-corrected chi connectivity index (χ1v) is 13.1. The van der Waals surface area contributed by atoms with Gasteiger partial charge in [-0.3, -0.25) is 4.79 Å². The number of ketones is 1. The summed E-state index contributed by atoms with van der Waals surface area (Å²) in [4.78, 5) is 18.7. The van der Waals surface area contributed by atoms with Gasteiger partial charge in [0.25, 0.3) is 0 Å². The van der Waals surface area contributed by atoms with E-state index >= 15 is 0 Å². The Balaban J connectivity index is 1.15. The number of nitrogens with zero attached hydrogens (tertiary/aromatic N) is 2. The van der Waals surface area contributed by atoms with Crippen molar-refractivity contribution in [1.82, 2.24) is 4.98 Å². The number of nitrogens with one attached hydrogen (secondary N) is 1. The lowest BCUT2D eigenvalue weighted by atomic mass is 9.85. The lowest BCUT2D eigenvalue weighted by Gasteiger charge is -2.36. The van der Waals surface area contributed by atoms with Crippen molar-refractivity contribution in [2.75, 3.05) is 23.3 Å². The Hall–Kier alpha value is -2.73. The Kier molecular flexibility index (Phi) is 7.19. The fraction of sp³-hybridized carbons (Fsp3) is 0.517. The molecular formula is C29H36FN3O2. The van der Waals surface area contributed by atoms with Crippen LogP contribution in [0.2, 0.25) is 0 Å². The first-order valence-electron chi connectivity index (χ1n) is 13.1. The molecule has 35 heavy (non-hydrogen) atoms. The Labute approximate surface area is 207 Å². The number of pyridine rings is 1. The van der Waals surface area contributed by atoms with E-state index in [9.17, 15) is 9.18 Å². The number of rotatable bonds is 5. The third-order valence-corrected chi connectivity index (χ3v) is 7.95. The van der Waals surface area contributed by atoms with Crippen molar-refractivity contribution in [3.8, 4) is 0 Å². The van der Waals surface area contributed by atoms with Crippen LogP contribution in [0.25, 0.3) is 5.70 Å². The van der Waals surface area contributed by atoms with E-state index in [2.05, 4.69) is 35.3 Å². The minimum absolute atomic E-state index is 0.193. The van der Waals surface area contributed by atoms with Gasteiger partial charge in [-0.1, -0.05) is 13.0 Å². The first kappa shape index (κ1) is 24.0. The summed E-state index contributed by atoms with van der Waals surface area (Å²) in [5, 5.41) is 3.49. The van der Waals surface area contributed by atoms with Gasteiger partial charge in [-0.15, -0.1) is 0 Å². The molecule has 6 heteroatoms. The summed E-state index contributed by atoms with van der Waals surface area (Å²) in [5.41, 5.74) is 4.03. The maximum absolute atomic E-state index is 13.7. The zero-order valence-corrected chi connectivity index (χ0v) is 20.8. The zero-order chi connectivity index (χ0) is 24.4. The summed E-state index contributed by atoms with van der Waals surface area (Å²) in [6, 6.07) is 9.19. The number of allylic oxidation sites excluding steroid dienone is 1. The number of hydrogen-bond donors (Lipinski definition) is 1. The molecule has 5 nitrogen and oxygen atoms in total. The molecule has 0 bridgehead atoms. The van der Waals surface area contributed by atoms with Crippen molar-refractivity contribution < 1.29 is 13.9 Å². The Bertz CT molecular complexity index is 1070. The zero-order valence-electron chi connectivity index (χ0n) is 20.8. The molecule has 1 unspecified atom stereocenters. The van der Waals surface area contributed by atoms with Gasteiger partial charge in [-0.05, 0) is 93.7 Å². The minimum atomic E-state index is -0.193. The quantitative estimate of drug-likeness (QED) is 0.547. The van der Waals surface area contributed by atoms with Gasteiger partial charge in [-0.25, -0.2) is 9.37 Å². The summed E-state index contributed by atoms with van der Waals surface area (Å²) >= 11 is 0. The highest BCUT2D eigenvalue weighted by atomic mass is 19.1. The maximum atomic E-state index is 13.7. The predicted octanol–water partition coefficient (Wildman–Crippen LogP) is 6.31. The monoisotopic (exact) mass is 477 g/mol. The van der Waals surface area contributed by atoms with Crippen molar-refractivity contribution >= 4 is 23.0 Å². The number of carbonyl (C=O) groups is 1. The van der Waals surface area contributed by atoms with Crippen molar-refractivity contribution in [2.24, 2.45) is 5.92 Å². The van der Waals surface area contributed by atoms with E-state index in [1.807, 2.05) is 12.3 Å². The molecule has 0 amide bonds. The number of benzene rings is 1. The standard InChI is InChI=1S/C29H36FN3O2/c1-19-3-10-27(32-28-11-7-23(30)17-26(19)28)22-6-12-29(31-18-22)33-15-13-25(14-16-33)35-24-8-4-21(5-9-24)20(2)34/h6-7,10-12,17-19,21,24-25,32H,3-5,8-9,13-16H2,1-2H3. The molecule has 2 fully saturated rings. The minimum Gasteiger partial charge on any atom is -0.375 e. The molecule has 5 rings (SSSR count). The Morgan fingerprint density at radius 3 is 2.49 bits per heavy atom. The molecule has 3 aliphatic rings. The lowest BCUT2D eigenvalue weighted by molar-refractivity contribution is -0.123. The number of piperidine rings is 1. The molecule has 1 aliphatic carbocycles. The highest BCUT2D eigenvalue weighted by Gasteiger charge is 2.28. The van der Waals surface area contributed by atoms with E-state index in [0.717, 1.165) is 86.4 Å². The fourth-order valence-electron chi connectivity index (χ4n) is 5.69. The van der Waals surface area contributed by atoms with Crippen LogP contribution >= 0.6 is 0 Å².